The lowest BCUT2D eigenvalue weighted by Gasteiger charge is -2.22. The van der Waals surface area contributed by atoms with Crippen molar-refractivity contribution in [2.24, 2.45) is 0 Å². The Bertz CT molecular complexity index is 1120. The summed E-state index contributed by atoms with van der Waals surface area (Å²) in [6.45, 7) is 5.65. The van der Waals surface area contributed by atoms with E-state index in [2.05, 4.69) is 22.8 Å². The molecule has 2 aromatic rings. The molecule has 0 aliphatic carbocycles. The molecule has 0 N–H and O–H groups in total. The van der Waals surface area contributed by atoms with Gasteiger partial charge in [-0.1, -0.05) is 35.7 Å². The standard InChI is InChI=1S/C21H20N4O4S2/c1-3-22-16-10-8-14(24(26)27)12-18(16)30-20(22)6-5-7-21-23(4-2)17-11-9-15(25(28)29)13-19(17)31-21/h5-13,20H,3-4H2,1-2H3. The van der Waals surface area contributed by atoms with Crippen LogP contribution in [-0.2, 0) is 0 Å². The third kappa shape index (κ3) is 4.00. The van der Waals surface area contributed by atoms with E-state index in [1.165, 1.54) is 17.8 Å². The van der Waals surface area contributed by atoms with Gasteiger partial charge in [0.05, 0.1) is 31.6 Å². The monoisotopic (exact) mass is 456 g/mol. The molecule has 10 heteroatoms. The Hall–Kier alpha value is -2.98. The molecule has 2 aliphatic heterocycles. The van der Waals surface area contributed by atoms with E-state index < -0.39 is 0 Å². The van der Waals surface area contributed by atoms with Crippen LogP contribution in [0, 0.1) is 20.2 Å². The molecule has 8 nitrogen and oxygen atoms in total. The van der Waals surface area contributed by atoms with Crippen LogP contribution in [0.3, 0.4) is 0 Å². The molecular weight excluding hydrogens is 436 g/mol. The van der Waals surface area contributed by atoms with Gasteiger partial charge in [-0.25, -0.2) is 0 Å². The number of nitrogens with zero attached hydrogens (tertiary/aromatic N) is 4. The van der Waals surface area contributed by atoms with Crippen molar-refractivity contribution in [1.82, 2.24) is 0 Å². The average molecular weight is 457 g/mol. The summed E-state index contributed by atoms with van der Waals surface area (Å²) in [5, 5.41) is 23.2. The van der Waals surface area contributed by atoms with Crippen LogP contribution < -0.4 is 9.80 Å². The molecule has 2 aliphatic rings. The molecular formula is C21H20N4O4S2. The van der Waals surface area contributed by atoms with Crippen LogP contribution >= 0.6 is 23.5 Å². The quantitative estimate of drug-likeness (QED) is 0.398. The van der Waals surface area contributed by atoms with Crippen LogP contribution in [0.4, 0.5) is 22.7 Å². The maximum atomic E-state index is 11.1. The van der Waals surface area contributed by atoms with Gasteiger partial charge in [-0.05, 0) is 32.1 Å². The second kappa shape index (κ2) is 8.64. The van der Waals surface area contributed by atoms with Crippen molar-refractivity contribution < 1.29 is 9.85 Å². The van der Waals surface area contributed by atoms with Gasteiger partial charge in [0.15, 0.2) is 0 Å². The van der Waals surface area contributed by atoms with Crippen molar-refractivity contribution in [3.63, 3.8) is 0 Å². The molecule has 1 unspecified atom stereocenters. The fourth-order valence-corrected chi connectivity index (χ4v) is 6.15. The fourth-order valence-electron chi connectivity index (χ4n) is 3.66. The number of benzene rings is 2. The van der Waals surface area contributed by atoms with Crippen molar-refractivity contribution in [3.8, 4) is 0 Å². The number of non-ortho nitro benzene ring substituents is 2. The van der Waals surface area contributed by atoms with Gasteiger partial charge in [-0.2, -0.15) is 0 Å². The van der Waals surface area contributed by atoms with Crippen LogP contribution in [0.2, 0.25) is 0 Å². The van der Waals surface area contributed by atoms with E-state index in [0.717, 1.165) is 39.3 Å². The molecule has 0 radical (unpaired) electrons. The Labute approximate surface area is 187 Å². The highest BCUT2D eigenvalue weighted by atomic mass is 32.2. The zero-order valence-electron chi connectivity index (χ0n) is 16.9. The van der Waals surface area contributed by atoms with Gasteiger partial charge in [0.1, 0.15) is 0 Å². The van der Waals surface area contributed by atoms with E-state index in [1.54, 1.807) is 36.0 Å². The minimum Gasteiger partial charge on any atom is -0.355 e. The van der Waals surface area contributed by atoms with Crippen molar-refractivity contribution in [1.29, 1.82) is 0 Å². The van der Waals surface area contributed by atoms with Crippen LogP contribution in [0.25, 0.3) is 0 Å². The van der Waals surface area contributed by atoms with Crippen LogP contribution in [0.1, 0.15) is 13.8 Å². The molecule has 2 aromatic carbocycles. The third-order valence-electron chi connectivity index (χ3n) is 5.12. The number of allylic oxidation sites excluding steroid dienone is 2. The smallest absolute Gasteiger partial charge is 0.270 e. The summed E-state index contributed by atoms with van der Waals surface area (Å²) < 4.78 is 0. The Morgan fingerprint density at radius 3 is 2.23 bits per heavy atom. The SMILES string of the molecule is CCN1C(=CC=CC2Sc3cc([N+](=O)[O-])ccc3N2CC)Sc2cc([N+](=O)[O-])ccc21. The summed E-state index contributed by atoms with van der Waals surface area (Å²) in [5.74, 6) is 0. The number of hydrogen-bond acceptors (Lipinski definition) is 8. The van der Waals surface area contributed by atoms with Crippen molar-refractivity contribution >= 4 is 46.3 Å². The first kappa shape index (κ1) is 21.3. The van der Waals surface area contributed by atoms with Gasteiger partial charge in [0.2, 0.25) is 0 Å². The Kier molecular flexibility index (Phi) is 5.92. The Morgan fingerprint density at radius 1 is 0.968 bits per heavy atom. The van der Waals surface area contributed by atoms with E-state index >= 15 is 0 Å². The minimum atomic E-state index is -0.378. The number of nitro groups is 2. The number of thioether (sulfide) groups is 2. The van der Waals surface area contributed by atoms with E-state index in [4.69, 9.17) is 0 Å². The van der Waals surface area contributed by atoms with Crippen LogP contribution in [0.15, 0.2) is 69.4 Å². The highest BCUT2D eigenvalue weighted by molar-refractivity contribution is 8.03. The summed E-state index contributed by atoms with van der Waals surface area (Å²) >= 11 is 3.11. The zero-order chi connectivity index (χ0) is 22.1. The molecule has 0 bridgehead atoms. The van der Waals surface area contributed by atoms with Gasteiger partial charge in [0.25, 0.3) is 11.4 Å². The summed E-state index contributed by atoms with van der Waals surface area (Å²) in [5.41, 5.74) is 2.17. The molecule has 0 aromatic heterocycles. The molecule has 0 fully saturated rings. The van der Waals surface area contributed by atoms with Crippen LogP contribution in [0.5, 0.6) is 0 Å². The second-order valence-corrected chi connectivity index (χ2v) is 9.07. The normalized spacial score (nSPS) is 18.6. The van der Waals surface area contributed by atoms with E-state index in [9.17, 15) is 20.2 Å². The predicted molar refractivity (Wildman–Crippen MR) is 125 cm³/mol. The zero-order valence-corrected chi connectivity index (χ0v) is 18.6. The molecule has 4 rings (SSSR count). The molecule has 160 valence electrons. The average Bonchev–Trinajstić information content (AvgIpc) is 3.29. The van der Waals surface area contributed by atoms with Crippen molar-refractivity contribution in [2.75, 3.05) is 22.9 Å². The molecule has 31 heavy (non-hydrogen) atoms. The lowest BCUT2D eigenvalue weighted by Crippen LogP contribution is -2.27. The fraction of sp³-hybridized carbons (Fsp3) is 0.238. The first-order valence-corrected chi connectivity index (χ1v) is 11.5. The van der Waals surface area contributed by atoms with E-state index in [1.807, 2.05) is 25.1 Å². The van der Waals surface area contributed by atoms with E-state index in [0.29, 0.717) is 0 Å². The molecule has 0 saturated heterocycles. The van der Waals surface area contributed by atoms with Gasteiger partial charge >= 0.3 is 0 Å². The lowest BCUT2D eigenvalue weighted by atomic mass is 10.2. The van der Waals surface area contributed by atoms with Crippen LogP contribution in [-0.4, -0.2) is 28.3 Å². The molecule has 2 heterocycles. The first-order valence-electron chi connectivity index (χ1n) is 9.77. The number of likely N-dealkylation sites (N-methyl/N-ethyl adjacent to an activating group) is 1. The summed E-state index contributed by atoms with van der Waals surface area (Å²) in [7, 11) is 0. The lowest BCUT2D eigenvalue weighted by molar-refractivity contribution is -0.385. The van der Waals surface area contributed by atoms with Crippen molar-refractivity contribution in [3.05, 3.63) is 79.9 Å². The summed E-state index contributed by atoms with van der Waals surface area (Å²) in [4.78, 5) is 27.5. The number of fused-ring (bicyclic) bond motifs is 2. The number of rotatable bonds is 6. The highest BCUT2D eigenvalue weighted by Gasteiger charge is 2.29. The van der Waals surface area contributed by atoms with Gasteiger partial charge in [0, 0.05) is 47.1 Å². The number of nitro benzene ring substituents is 2. The summed E-state index contributed by atoms with van der Waals surface area (Å²) in [6.07, 6.45) is 6.08. The molecule has 0 saturated carbocycles. The van der Waals surface area contributed by atoms with Gasteiger partial charge in [-0.3, -0.25) is 20.2 Å². The molecule has 1 atom stereocenters. The Balaban J connectivity index is 1.54. The predicted octanol–water partition coefficient (Wildman–Crippen LogP) is 5.79. The largest absolute Gasteiger partial charge is 0.355 e. The Morgan fingerprint density at radius 2 is 1.61 bits per heavy atom. The maximum Gasteiger partial charge on any atom is 0.270 e. The van der Waals surface area contributed by atoms with Crippen molar-refractivity contribution in [2.45, 2.75) is 29.0 Å². The number of anilines is 2. The minimum absolute atomic E-state index is 0.0452. The maximum absolute atomic E-state index is 11.1. The first-order chi connectivity index (χ1) is 14.9. The van der Waals surface area contributed by atoms with Gasteiger partial charge in [-0.15, -0.1) is 0 Å². The topological polar surface area (TPSA) is 92.8 Å². The highest BCUT2D eigenvalue weighted by Crippen LogP contribution is 2.48. The number of hydrogen-bond donors (Lipinski definition) is 0. The third-order valence-corrected chi connectivity index (χ3v) is 7.46. The summed E-state index contributed by atoms with van der Waals surface area (Å²) in [6, 6.07) is 9.92. The molecule has 0 amide bonds. The second-order valence-electron chi connectivity index (χ2n) is 6.85. The molecule has 0 spiro atoms. The van der Waals surface area contributed by atoms with Gasteiger partial charge < -0.3 is 9.80 Å². The van der Waals surface area contributed by atoms with E-state index in [-0.39, 0.29) is 26.6 Å².